The Kier molecular flexibility index (Phi) is 6.98. The monoisotopic (exact) mass is 595 g/mol. The fourth-order valence-electron chi connectivity index (χ4n) is 5.72. The Morgan fingerprint density at radius 2 is 1.90 bits per heavy atom. The molecule has 1 aromatic carbocycles. The maximum atomic E-state index is 14.8. The molecule has 0 unspecified atom stereocenters. The summed E-state index contributed by atoms with van der Waals surface area (Å²) in [5.41, 5.74) is 1.43. The molecule has 39 heavy (non-hydrogen) atoms. The van der Waals surface area contributed by atoms with Gasteiger partial charge in [0.1, 0.15) is 22.6 Å². The number of hydrogen-bond acceptors (Lipinski definition) is 7. The Labute approximate surface area is 232 Å². The van der Waals surface area contributed by atoms with Crippen molar-refractivity contribution in [2.24, 2.45) is 11.8 Å². The summed E-state index contributed by atoms with van der Waals surface area (Å²) in [7, 11) is 0. The third-order valence-corrected chi connectivity index (χ3v) is 8.34. The van der Waals surface area contributed by atoms with Gasteiger partial charge in [0.2, 0.25) is 11.8 Å². The van der Waals surface area contributed by atoms with Crippen molar-refractivity contribution < 1.29 is 19.1 Å². The van der Waals surface area contributed by atoms with Crippen LogP contribution in [0.4, 0.5) is 4.39 Å². The Balaban J connectivity index is 1.17. The molecule has 12 heteroatoms. The number of halogens is 2. The zero-order chi connectivity index (χ0) is 27.1. The molecular weight excluding hydrogens is 569 g/mol. The Hall–Kier alpha value is -3.51. The quantitative estimate of drug-likeness (QED) is 0.377. The summed E-state index contributed by atoms with van der Waals surface area (Å²) in [5, 5.41) is 15.0. The van der Waals surface area contributed by atoms with E-state index in [1.54, 1.807) is 28.0 Å². The lowest BCUT2D eigenvalue weighted by Crippen LogP contribution is -2.52. The highest BCUT2D eigenvalue weighted by Crippen LogP contribution is 2.35. The molecule has 2 fully saturated rings. The van der Waals surface area contributed by atoms with Crippen molar-refractivity contribution >= 4 is 49.7 Å². The third kappa shape index (κ3) is 4.98. The standard InChI is InChI=1S/C27H27BrFN7O3/c28-25-20-14-31-22(32-26(20)36(33-25)19-12-17-2-1-5-30-24(17)21(29)13-19)11-16-3-4-18(10-16)27(39)35-8-6-34(7-9-35)23(38)15-37/h1-2,5,12-14,16,18,37H,3-4,6-11,15H2/t16-,18-/m1/s1. The normalized spacial score (nSPS) is 19.8. The lowest BCUT2D eigenvalue weighted by Gasteiger charge is -2.35. The minimum absolute atomic E-state index is 0.0484. The Morgan fingerprint density at radius 3 is 2.69 bits per heavy atom. The van der Waals surface area contributed by atoms with Crippen molar-refractivity contribution in [3.05, 3.63) is 52.9 Å². The van der Waals surface area contributed by atoms with Crippen molar-refractivity contribution in [3.63, 3.8) is 0 Å². The van der Waals surface area contributed by atoms with E-state index in [1.165, 1.54) is 6.07 Å². The van der Waals surface area contributed by atoms with Gasteiger partial charge in [-0.1, -0.05) is 6.07 Å². The number of rotatable bonds is 5. The van der Waals surface area contributed by atoms with Crippen LogP contribution in [0.15, 0.2) is 41.3 Å². The first-order valence-corrected chi connectivity index (χ1v) is 13.8. The van der Waals surface area contributed by atoms with Crippen LogP contribution in [0.25, 0.3) is 27.6 Å². The molecule has 0 bridgehead atoms. The SMILES string of the molecule is O=C(CO)N1CCN(C(=O)[C@@H]2CC[C@@H](Cc3ncc4c(Br)nn(-c5cc(F)c6ncccc6c5)c4n3)C2)CC1. The summed E-state index contributed by atoms with van der Waals surface area (Å²) >= 11 is 3.48. The fourth-order valence-corrected chi connectivity index (χ4v) is 6.15. The van der Waals surface area contributed by atoms with Gasteiger partial charge in [-0.05, 0) is 53.2 Å². The van der Waals surface area contributed by atoms with Gasteiger partial charge in [0.05, 0.1) is 11.1 Å². The molecule has 10 nitrogen and oxygen atoms in total. The number of aliphatic hydroxyl groups excluding tert-OH is 1. The third-order valence-electron chi connectivity index (χ3n) is 7.76. The minimum Gasteiger partial charge on any atom is -0.387 e. The molecule has 2 aliphatic rings. The number of aromatic nitrogens is 5. The molecule has 0 radical (unpaired) electrons. The molecule has 1 aliphatic heterocycles. The maximum absolute atomic E-state index is 14.8. The zero-order valence-electron chi connectivity index (χ0n) is 21.1. The molecular formula is C27H27BrFN7O3. The van der Waals surface area contributed by atoms with E-state index in [4.69, 9.17) is 10.1 Å². The number of hydrogen-bond donors (Lipinski definition) is 1. The number of nitrogens with zero attached hydrogens (tertiary/aromatic N) is 7. The molecule has 0 spiro atoms. The van der Waals surface area contributed by atoms with Crippen LogP contribution < -0.4 is 0 Å². The largest absolute Gasteiger partial charge is 0.387 e. The number of carbonyl (C=O) groups is 2. The molecule has 1 aliphatic carbocycles. The zero-order valence-corrected chi connectivity index (χ0v) is 22.7. The highest BCUT2D eigenvalue weighted by atomic mass is 79.9. The van der Waals surface area contributed by atoms with Crippen LogP contribution >= 0.6 is 15.9 Å². The minimum atomic E-state index is -0.500. The van der Waals surface area contributed by atoms with Gasteiger partial charge in [-0.15, -0.1) is 0 Å². The molecule has 4 aromatic rings. The number of benzene rings is 1. The van der Waals surface area contributed by atoms with Crippen LogP contribution in [0.5, 0.6) is 0 Å². The first-order chi connectivity index (χ1) is 18.9. The molecule has 3 aromatic heterocycles. The number of fused-ring (bicyclic) bond motifs is 2. The van der Waals surface area contributed by atoms with E-state index in [0.29, 0.717) is 65.3 Å². The second-order valence-electron chi connectivity index (χ2n) is 10.2. The van der Waals surface area contributed by atoms with Crippen molar-refractivity contribution in [2.75, 3.05) is 32.8 Å². The van der Waals surface area contributed by atoms with Gasteiger partial charge in [0.25, 0.3) is 0 Å². The van der Waals surface area contributed by atoms with Crippen molar-refractivity contribution in [2.45, 2.75) is 25.7 Å². The first kappa shape index (κ1) is 25.8. The van der Waals surface area contributed by atoms with Crippen LogP contribution in [0.2, 0.25) is 0 Å². The smallest absolute Gasteiger partial charge is 0.248 e. The molecule has 2 amide bonds. The van der Waals surface area contributed by atoms with Gasteiger partial charge in [-0.2, -0.15) is 5.10 Å². The van der Waals surface area contributed by atoms with E-state index in [2.05, 4.69) is 31.0 Å². The van der Waals surface area contributed by atoms with Crippen LogP contribution in [0, 0.1) is 17.7 Å². The summed E-state index contributed by atoms with van der Waals surface area (Å²) in [6.07, 6.45) is 6.42. The molecule has 1 saturated carbocycles. The van der Waals surface area contributed by atoms with Crippen LogP contribution in [-0.4, -0.2) is 84.2 Å². The highest BCUT2D eigenvalue weighted by molar-refractivity contribution is 9.10. The van der Waals surface area contributed by atoms with Gasteiger partial charge >= 0.3 is 0 Å². The number of carbonyl (C=O) groups excluding carboxylic acids is 2. The average Bonchev–Trinajstić information content (AvgIpc) is 3.56. The lowest BCUT2D eigenvalue weighted by molar-refractivity contribution is -0.143. The Bertz CT molecular complexity index is 1570. The molecule has 6 rings (SSSR count). The first-order valence-electron chi connectivity index (χ1n) is 13.0. The lowest BCUT2D eigenvalue weighted by atomic mass is 10.00. The summed E-state index contributed by atoms with van der Waals surface area (Å²) in [5.74, 6) is 0.301. The predicted molar refractivity (Wildman–Crippen MR) is 144 cm³/mol. The Morgan fingerprint density at radius 1 is 1.10 bits per heavy atom. The molecule has 2 atom stereocenters. The topological polar surface area (TPSA) is 117 Å². The summed E-state index contributed by atoms with van der Waals surface area (Å²) < 4.78 is 17.0. The van der Waals surface area contributed by atoms with E-state index in [0.717, 1.165) is 24.6 Å². The number of amides is 2. The van der Waals surface area contributed by atoms with Crippen molar-refractivity contribution in [3.8, 4) is 5.69 Å². The van der Waals surface area contributed by atoms with E-state index in [9.17, 15) is 14.0 Å². The molecule has 4 heterocycles. The fraction of sp³-hybridized carbons (Fsp3) is 0.407. The number of aliphatic hydroxyl groups is 1. The van der Waals surface area contributed by atoms with Gasteiger partial charge in [-0.3, -0.25) is 14.6 Å². The van der Waals surface area contributed by atoms with Crippen LogP contribution in [0.3, 0.4) is 0 Å². The van der Waals surface area contributed by atoms with Crippen molar-refractivity contribution in [1.82, 2.24) is 34.5 Å². The molecule has 1 saturated heterocycles. The maximum Gasteiger partial charge on any atom is 0.248 e. The van der Waals surface area contributed by atoms with Gasteiger partial charge in [0, 0.05) is 62.4 Å². The van der Waals surface area contributed by atoms with Gasteiger partial charge in [-0.25, -0.2) is 19.0 Å². The number of piperazine rings is 1. The average molecular weight is 596 g/mol. The van der Waals surface area contributed by atoms with Gasteiger partial charge < -0.3 is 14.9 Å². The van der Waals surface area contributed by atoms with Crippen molar-refractivity contribution in [1.29, 1.82) is 0 Å². The molecule has 202 valence electrons. The van der Waals surface area contributed by atoms with E-state index in [-0.39, 0.29) is 23.7 Å². The molecule has 1 N–H and O–H groups in total. The summed E-state index contributed by atoms with van der Waals surface area (Å²) in [6, 6.07) is 6.81. The summed E-state index contributed by atoms with van der Waals surface area (Å²) in [6.45, 7) is 1.40. The van der Waals surface area contributed by atoms with E-state index < -0.39 is 12.4 Å². The summed E-state index contributed by atoms with van der Waals surface area (Å²) in [4.78, 5) is 41.8. The number of pyridine rings is 1. The second kappa shape index (κ2) is 10.6. The van der Waals surface area contributed by atoms with Crippen LogP contribution in [0.1, 0.15) is 25.1 Å². The van der Waals surface area contributed by atoms with Gasteiger partial charge in [0.15, 0.2) is 11.5 Å². The van der Waals surface area contributed by atoms with E-state index in [1.807, 2.05) is 17.0 Å². The van der Waals surface area contributed by atoms with Crippen LogP contribution in [-0.2, 0) is 16.0 Å². The predicted octanol–water partition coefficient (Wildman–Crippen LogP) is 2.89. The van der Waals surface area contributed by atoms with E-state index >= 15 is 0 Å². The highest BCUT2D eigenvalue weighted by Gasteiger charge is 2.34. The second-order valence-corrected chi connectivity index (χ2v) is 10.9.